The van der Waals surface area contributed by atoms with Gasteiger partial charge in [0.2, 0.25) is 0 Å². The Balaban J connectivity index is 2.25. The lowest BCUT2D eigenvalue weighted by Crippen LogP contribution is -2.21. The molecule has 114 valence electrons. The predicted octanol–water partition coefficient (Wildman–Crippen LogP) is 3.57. The molecule has 0 aliphatic heterocycles. The Labute approximate surface area is 134 Å². The number of methoxy groups -OCH3 is 1. The van der Waals surface area contributed by atoms with E-state index in [1.54, 1.807) is 7.11 Å². The van der Waals surface area contributed by atoms with Gasteiger partial charge in [-0.15, -0.1) is 0 Å². The summed E-state index contributed by atoms with van der Waals surface area (Å²) >= 11 is 3.48. The van der Waals surface area contributed by atoms with Gasteiger partial charge in [-0.25, -0.2) is 4.98 Å². The van der Waals surface area contributed by atoms with Gasteiger partial charge in [0, 0.05) is 41.4 Å². The first-order valence-corrected chi connectivity index (χ1v) is 7.99. The highest BCUT2D eigenvalue weighted by atomic mass is 79.9. The first-order valence-electron chi connectivity index (χ1n) is 7.20. The summed E-state index contributed by atoms with van der Waals surface area (Å²) in [5.74, 6) is 1.98. The summed E-state index contributed by atoms with van der Waals surface area (Å²) in [7, 11) is 3.68. The van der Waals surface area contributed by atoms with E-state index in [-0.39, 0.29) is 6.04 Å². The lowest BCUT2D eigenvalue weighted by atomic mass is 10.0. The zero-order valence-electron chi connectivity index (χ0n) is 12.8. The third-order valence-electron chi connectivity index (χ3n) is 3.57. The van der Waals surface area contributed by atoms with E-state index in [0.29, 0.717) is 0 Å². The van der Waals surface area contributed by atoms with Gasteiger partial charge in [0.25, 0.3) is 0 Å². The molecule has 21 heavy (non-hydrogen) atoms. The van der Waals surface area contributed by atoms with Gasteiger partial charge in [-0.05, 0) is 25.6 Å². The minimum absolute atomic E-state index is 0.172. The second kappa shape index (κ2) is 7.61. The minimum Gasteiger partial charge on any atom is -0.496 e. The third kappa shape index (κ3) is 3.86. The molecule has 0 radical (unpaired) electrons. The average Bonchev–Trinajstić information content (AvgIpc) is 2.92. The van der Waals surface area contributed by atoms with Crippen LogP contribution in [0.25, 0.3) is 0 Å². The van der Waals surface area contributed by atoms with Crippen LogP contribution in [0, 0.1) is 0 Å². The van der Waals surface area contributed by atoms with Crippen molar-refractivity contribution in [1.82, 2.24) is 14.9 Å². The van der Waals surface area contributed by atoms with E-state index >= 15 is 0 Å². The van der Waals surface area contributed by atoms with Crippen molar-refractivity contribution in [2.45, 2.75) is 32.4 Å². The van der Waals surface area contributed by atoms with Gasteiger partial charge >= 0.3 is 0 Å². The molecule has 0 bridgehead atoms. The van der Waals surface area contributed by atoms with Crippen molar-refractivity contribution in [2.24, 2.45) is 0 Å². The first-order chi connectivity index (χ1) is 10.2. The topological polar surface area (TPSA) is 39.1 Å². The molecule has 0 aliphatic rings. The second-order valence-corrected chi connectivity index (χ2v) is 5.88. The Morgan fingerprint density at radius 1 is 1.43 bits per heavy atom. The van der Waals surface area contributed by atoms with E-state index in [4.69, 9.17) is 4.74 Å². The maximum absolute atomic E-state index is 5.51. The Kier molecular flexibility index (Phi) is 5.82. The van der Waals surface area contributed by atoms with E-state index in [9.17, 15) is 0 Å². The Bertz CT molecular complexity index is 583. The van der Waals surface area contributed by atoms with Crippen LogP contribution in [-0.4, -0.2) is 23.7 Å². The van der Waals surface area contributed by atoms with Crippen molar-refractivity contribution in [1.29, 1.82) is 0 Å². The Morgan fingerprint density at radius 3 is 2.90 bits per heavy atom. The van der Waals surface area contributed by atoms with Crippen LogP contribution in [0.15, 0.2) is 35.1 Å². The third-order valence-corrected chi connectivity index (χ3v) is 4.07. The molecule has 0 aliphatic carbocycles. The zero-order chi connectivity index (χ0) is 15.2. The number of benzene rings is 1. The van der Waals surface area contributed by atoms with E-state index < -0.39 is 0 Å². The number of hydrogen-bond acceptors (Lipinski definition) is 3. The summed E-state index contributed by atoms with van der Waals surface area (Å²) in [6.07, 6.45) is 5.86. The molecule has 0 amide bonds. The number of hydrogen-bond donors (Lipinski definition) is 1. The van der Waals surface area contributed by atoms with Crippen LogP contribution in [0.5, 0.6) is 5.75 Å². The number of aromatic nitrogens is 2. The van der Waals surface area contributed by atoms with Crippen LogP contribution < -0.4 is 10.1 Å². The summed E-state index contributed by atoms with van der Waals surface area (Å²) < 4.78 is 8.75. The lowest BCUT2D eigenvalue weighted by molar-refractivity contribution is 0.399. The Hall–Kier alpha value is -1.33. The predicted molar refractivity (Wildman–Crippen MR) is 88.7 cm³/mol. The molecule has 0 fully saturated rings. The fourth-order valence-electron chi connectivity index (χ4n) is 2.50. The van der Waals surface area contributed by atoms with Crippen LogP contribution in [0.3, 0.4) is 0 Å². The smallest absolute Gasteiger partial charge is 0.124 e. The molecular weight excluding hydrogens is 330 g/mol. The van der Waals surface area contributed by atoms with Crippen molar-refractivity contribution in [3.05, 3.63) is 46.5 Å². The normalized spacial score (nSPS) is 12.4. The number of rotatable bonds is 7. The van der Waals surface area contributed by atoms with Gasteiger partial charge in [0.15, 0.2) is 0 Å². The molecular formula is C16H22BrN3O. The number of imidazole rings is 1. The molecule has 2 rings (SSSR count). The van der Waals surface area contributed by atoms with Crippen molar-refractivity contribution in [3.8, 4) is 5.75 Å². The number of nitrogens with zero attached hydrogens (tertiary/aromatic N) is 2. The van der Waals surface area contributed by atoms with E-state index in [0.717, 1.165) is 41.0 Å². The second-order valence-electron chi connectivity index (χ2n) is 4.97. The number of halogens is 1. The zero-order valence-corrected chi connectivity index (χ0v) is 14.4. The van der Waals surface area contributed by atoms with Gasteiger partial charge in [0.05, 0.1) is 7.11 Å². The lowest BCUT2D eigenvalue weighted by Gasteiger charge is -2.20. The van der Waals surface area contributed by atoms with Crippen LogP contribution in [0.1, 0.15) is 30.8 Å². The molecule has 0 saturated carbocycles. The van der Waals surface area contributed by atoms with Crippen LogP contribution in [0.4, 0.5) is 0 Å². The molecule has 2 aromatic rings. The quantitative estimate of drug-likeness (QED) is 0.828. The highest BCUT2D eigenvalue weighted by molar-refractivity contribution is 9.10. The maximum atomic E-state index is 5.51. The van der Waals surface area contributed by atoms with Gasteiger partial charge in [-0.1, -0.05) is 28.9 Å². The summed E-state index contributed by atoms with van der Waals surface area (Å²) in [4.78, 5) is 4.49. The largest absolute Gasteiger partial charge is 0.496 e. The highest BCUT2D eigenvalue weighted by Gasteiger charge is 2.17. The maximum Gasteiger partial charge on any atom is 0.124 e. The van der Waals surface area contributed by atoms with Crippen LogP contribution in [0.2, 0.25) is 0 Å². The fraction of sp³-hybridized carbons (Fsp3) is 0.438. The number of nitrogens with one attached hydrogen (secondary N) is 1. The summed E-state index contributed by atoms with van der Waals surface area (Å²) in [5.41, 5.74) is 1.15. The van der Waals surface area contributed by atoms with Crippen molar-refractivity contribution in [2.75, 3.05) is 14.2 Å². The van der Waals surface area contributed by atoms with Crippen LogP contribution in [-0.2, 0) is 13.0 Å². The summed E-state index contributed by atoms with van der Waals surface area (Å²) in [5, 5.41) is 3.37. The van der Waals surface area contributed by atoms with Gasteiger partial charge in [0.1, 0.15) is 11.6 Å². The average molecular weight is 352 g/mol. The molecule has 1 atom stereocenters. The van der Waals surface area contributed by atoms with Gasteiger partial charge < -0.3 is 14.6 Å². The summed E-state index contributed by atoms with van der Waals surface area (Å²) in [6, 6.07) is 6.31. The number of aryl methyl sites for hydroxylation is 1. The van der Waals surface area contributed by atoms with Gasteiger partial charge in [-0.3, -0.25) is 0 Å². The molecule has 5 heteroatoms. The SMILES string of the molecule is CCCn1ccnc1CC(NC)c1ccc(Br)cc1OC. The monoisotopic (exact) mass is 351 g/mol. The Morgan fingerprint density at radius 2 is 2.24 bits per heavy atom. The van der Waals surface area contributed by atoms with Crippen molar-refractivity contribution < 1.29 is 4.74 Å². The molecule has 1 heterocycles. The standard InChI is InChI=1S/C16H22BrN3O/c1-4-8-20-9-7-19-16(20)11-14(18-2)13-6-5-12(17)10-15(13)21-3/h5-7,9-10,14,18H,4,8,11H2,1-3H3. The molecule has 1 aromatic carbocycles. The molecule has 0 saturated heterocycles. The van der Waals surface area contributed by atoms with E-state index in [2.05, 4.69) is 43.8 Å². The van der Waals surface area contributed by atoms with Crippen molar-refractivity contribution >= 4 is 15.9 Å². The van der Waals surface area contributed by atoms with Gasteiger partial charge in [-0.2, -0.15) is 0 Å². The molecule has 0 spiro atoms. The molecule has 1 aromatic heterocycles. The molecule has 4 nitrogen and oxygen atoms in total. The number of likely N-dealkylation sites (N-methyl/N-ethyl adjacent to an activating group) is 1. The number of ether oxygens (including phenoxy) is 1. The van der Waals surface area contributed by atoms with E-state index in [1.165, 1.54) is 0 Å². The highest BCUT2D eigenvalue weighted by Crippen LogP contribution is 2.30. The van der Waals surface area contributed by atoms with Crippen LogP contribution >= 0.6 is 15.9 Å². The minimum atomic E-state index is 0.172. The molecule has 1 unspecified atom stereocenters. The van der Waals surface area contributed by atoms with Crippen molar-refractivity contribution in [3.63, 3.8) is 0 Å². The first kappa shape index (κ1) is 16.0. The summed E-state index contributed by atoms with van der Waals surface area (Å²) in [6.45, 7) is 3.18. The van der Waals surface area contributed by atoms with E-state index in [1.807, 2.05) is 31.6 Å². The fourth-order valence-corrected chi connectivity index (χ4v) is 2.84. The molecule has 1 N–H and O–H groups in total.